The number of anilines is 1. The number of halogens is 1. The highest BCUT2D eigenvalue weighted by Crippen LogP contribution is 2.24. The van der Waals surface area contributed by atoms with Crippen LogP contribution in [0.2, 0.25) is 0 Å². The number of rotatable bonds is 2. The normalized spacial score (nSPS) is 16.9. The minimum atomic E-state index is -0.202. The molecule has 1 fully saturated rings. The summed E-state index contributed by atoms with van der Waals surface area (Å²) in [4.78, 5) is 9.46. The molecule has 106 valence electrons. The fourth-order valence-corrected chi connectivity index (χ4v) is 2.80. The quantitative estimate of drug-likeness (QED) is 0.838. The van der Waals surface area contributed by atoms with Crippen molar-refractivity contribution in [1.29, 1.82) is 0 Å². The van der Waals surface area contributed by atoms with E-state index in [4.69, 9.17) is 4.98 Å². The standard InChI is InChI=1S/C16H20FN3/c1-3-19-6-8-20(9-7-19)16-10-12(2)14-11-13(17)4-5-15(14)18-16/h4-5,10-11H,3,6-9H2,1-2H3. The topological polar surface area (TPSA) is 19.4 Å². The molecule has 0 atom stereocenters. The number of benzene rings is 1. The SMILES string of the molecule is CCN1CCN(c2cc(C)c3cc(F)ccc3n2)CC1. The van der Waals surface area contributed by atoms with Gasteiger partial charge in [-0.2, -0.15) is 0 Å². The third kappa shape index (κ3) is 2.48. The van der Waals surface area contributed by atoms with Gasteiger partial charge in [0.25, 0.3) is 0 Å². The predicted octanol–water partition coefficient (Wildman–Crippen LogP) is 2.82. The van der Waals surface area contributed by atoms with Crippen LogP contribution >= 0.6 is 0 Å². The number of nitrogens with zero attached hydrogens (tertiary/aromatic N) is 3. The number of likely N-dealkylation sites (N-methyl/N-ethyl adjacent to an activating group) is 1. The molecular formula is C16H20FN3. The number of aryl methyl sites for hydroxylation is 1. The summed E-state index contributed by atoms with van der Waals surface area (Å²) in [5.74, 6) is 0.809. The summed E-state index contributed by atoms with van der Waals surface area (Å²) in [6, 6.07) is 6.89. The van der Waals surface area contributed by atoms with Crippen molar-refractivity contribution in [3.05, 3.63) is 35.6 Å². The highest BCUT2D eigenvalue weighted by molar-refractivity contribution is 5.84. The fourth-order valence-electron chi connectivity index (χ4n) is 2.80. The summed E-state index contributed by atoms with van der Waals surface area (Å²) in [5.41, 5.74) is 1.96. The number of aromatic nitrogens is 1. The summed E-state index contributed by atoms with van der Waals surface area (Å²) in [6.45, 7) is 9.51. The molecule has 0 amide bonds. The summed E-state index contributed by atoms with van der Waals surface area (Å²) in [7, 11) is 0. The lowest BCUT2D eigenvalue weighted by Gasteiger charge is -2.35. The number of fused-ring (bicyclic) bond motifs is 1. The van der Waals surface area contributed by atoms with Gasteiger partial charge < -0.3 is 9.80 Å². The van der Waals surface area contributed by atoms with E-state index in [1.165, 1.54) is 6.07 Å². The van der Waals surface area contributed by atoms with Crippen LogP contribution in [0.25, 0.3) is 10.9 Å². The van der Waals surface area contributed by atoms with Crippen LogP contribution < -0.4 is 4.90 Å². The van der Waals surface area contributed by atoms with E-state index in [0.29, 0.717) is 0 Å². The molecule has 1 aliphatic heterocycles. The number of hydrogen-bond acceptors (Lipinski definition) is 3. The first-order chi connectivity index (χ1) is 9.67. The van der Waals surface area contributed by atoms with Gasteiger partial charge in [0, 0.05) is 31.6 Å². The largest absolute Gasteiger partial charge is 0.354 e. The Morgan fingerprint density at radius 2 is 1.90 bits per heavy atom. The van der Waals surface area contributed by atoms with E-state index in [9.17, 15) is 4.39 Å². The average Bonchev–Trinajstić information content (AvgIpc) is 2.48. The van der Waals surface area contributed by atoms with Gasteiger partial charge >= 0.3 is 0 Å². The Morgan fingerprint density at radius 3 is 2.60 bits per heavy atom. The molecule has 4 heteroatoms. The highest BCUT2D eigenvalue weighted by atomic mass is 19.1. The van der Waals surface area contributed by atoms with Crippen LogP contribution in [0, 0.1) is 12.7 Å². The maximum atomic E-state index is 13.3. The summed E-state index contributed by atoms with van der Waals surface area (Å²) in [6.07, 6.45) is 0. The zero-order chi connectivity index (χ0) is 14.1. The molecule has 1 aromatic carbocycles. The Bertz CT molecular complexity index is 618. The van der Waals surface area contributed by atoms with Gasteiger partial charge in [-0.3, -0.25) is 0 Å². The van der Waals surface area contributed by atoms with Gasteiger partial charge in [0.1, 0.15) is 11.6 Å². The molecule has 0 radical (unpaired) electrons. The molecule has 2 heterocycles. The molecule has 2 aromatic rings. The molecule has 0 spiro atoms. The summed E-state index contributed by atoms with van der Waals surface area (Å²) >= 11 is 0. The summed E-state index contributed by atoms with van der Waals surface area (Å²) in [5, 5.41) is 0.904. The fraction of sp³-hybridized carbons (Fsp3) is 0.438. The predicted molar refractivity (Wildman–Crippen MR) is 80.8 cm³/mol. The third-order valence-electron chi connectivity index (χ3n) is 4.11. The molecular weight excluding hydrogens is 253 g/mol. The molecule has 1 aromatic heterocycles. The Kier molecular flexibility index (Phi) is 3.57. The van der Waals surface area contributed by atoms with Gasteiger partial charge in [-0.15, -0.1) is 0 Å². The van der Waals surface area contributed by atoms with Crippen molar-refractivity contribution in [3.8, 4) is 0 Å². The second kappa shape index (κ2) is 5.37. The second-order valence-corrected chi connectivity index (χ2v) is 5.38. The van der Waals surface area contributed by atoms with Crippen LogP contribution in [0.3, 0.4) is 0 Å². The molecule has 3 rings (SSSR count). The first-order valence-electron chi connectivity index (χ1n) is 7.21. The lowest BCUT2D eigenvalue weighted by molar-refractivity contribution is 0.270. The van der Waals surface area contributed by atoms with E-state index in [1.54, 1.807) is 12.1 Å². The monoisotopic (exact) mass is 273 g/mol. The van der Waals surface area contributed by atoms with Crippen molar-refractivity contribution in [3.63, 3.8) is 0 Å². The van der Waals surface area contributed by atoms with Crippen LogP contribution in [-0.4, -0.2) is 42.6 Å². The molecule has 0 aliphatic carbocycles. The molecule has 1 saturated heterocycles. The van der Waals surface area contributed by atoms with E-state index in [1.807, 2.05) is 6.92 Å². The van der Waals surface area contributed by atoms with Crippen molar-refractivity contribution in [2.24, 2.45) is 0 Å². The minimum Gasteiger partial charge on any atom is -0.354 e. The zero-order valence-corrected chi connectivity index (χ0v) is 12.1. The first kappa shape index (κ1) is 13.3. The van der Waals surface area contributed by atoms with Gasteiger partial charge in [-0.25, -0.2) is 9.37 Å². The van der Waals surface area contributed by atoms with Crippen molar-refractivity contribution >= 4 is 16.7 Å². The smallest absolute Gasteiger partial charge is 0.129 e. The third-order valence-corrected chi connectivity index (χ3v) is 4.11. The molecule has 0 unspecified atom stereocenters. The van der Waals surface area contributed by atoms with E-state index < -0.39 is 0 Å². The van der Waals surface area contributed by atoms with Crippen molar-refractivity contribution < 1.29 is 4.39 Å². The number of pyridine rings is 1. The average molecular weight is 273 g/mol. The minimum absolute atomic E-state index is 0.202. The van der Waals surface area contributed by atoms with Crippen LogP contribution in [-0.2, 0) is 0 Å². The van der Waals surface area contributed by atoms with Gasteiger partial charge in [-0.05, 0) is 43.3 Å². The number of hydrogen-bond donors (Lipinski definition) is 0. The highest BCUT2D eigenvalue weighted by Gasteiger charge is 2.17. The van der Waals surface area contributed by atoms with E-state index in [0.717, 1.165) is 55.0 Å². The Balaban J connectivity index is 1.91. The summed E-state index contributed by atoms with van der Waals surface area (Å²) < 4.78 is 13.3. The lowest BCUT2D eigenvalue weighted by Crippen LogP contribution is -2.46. The van der Waals surface area contributed by atoms with Crippen LogP contribution in [0.4, 0.5) is 10.2 Å². The molecule has 0 bridgehead atoms. The van der Waals surface area contributed by atoms with E-state index in [2.05, 4.69) is 22.8 Å². The van der Waals surface area contributed by atoms with E-state index in [-0.39, 0.29) is 5.82 Å². The van der Waals surface area contributed by atoms with Gasteiger partial charge in [0.15, 0.2) is 0 Å². The maximum absolute atomic E-state index is 13.3. The van der Waals surface area contributed by atoms with Crippen LogP contribution in [0.1, 0.15) is 12.5 Å². The number of piperazine rings is 1. The van der Waals surface area contributed by atoms with Gasteiger partial charge in [0.05, 0.1) is 5.52 Å². The van der Waals surface area contributed by atoms with Crippen LogP contribution in [0.15, 0.2) is 24.3 Å². The van der Waals surface area contributed by atoms with Crippen molar-refractivity contribution in [1.82, 2.24) is 9.88 Å². The van der Waals surface area contributed by atoms with Gasteiger partial charge in [-0.1, -0.05) is 6.92 Å². The second-order valence-electron chi connectivity index (χ2n) is 5.38. The molecule has 0 N–H and O–H groups in total. The van der Waals surface area contributed by atoms with Crippen LogP contribution in [0.5, 0.6) is 0 Å². The maximum Gasteiger partial charge on any atom is 0.129 e. The first-order valence-corrected chi connectivity index (χ1v) is 7.21. The lowest BCUT2D eigenvalue weighted by atomic mass is 10.1. The Hall–Kier alpha value is -1.68. The zero-order valence-electron chi connectivity index (χ0n) is 12.1. The van der Waals surface area contributed by atoms with Gasteiger partial charge in [0.2, 0.25) is 0 Å². The Labute approximate surface area is 119 Å². The molecule has 3 nitrogen and oxygen atoms in total. The Morgan fingerprint density at radius 1 is 1.15 bits per heavy atom. The van der Waals surface area contributed by atoms with E-state index >= 15 is 0 Å². The van der Waals surface area contributed by atoms with Crippen molar-refractivity contribution in [2.75, 3.05) is 37.6 Å². The molecule has 1 aliphatic rings. The molecule has 20 heavy (non-hydrogen) atoms. The van der Waals surface area contributed by atoms with Crippen molar-refractivity contribution in [2.45, 2.75) is 13.8 Å². The molecule has 0 saturated carbocycles.